The van der Waals surface area contributed by atoms with Crippen molar-refractivity contribution in [1.29, 1.82) is 0 Å². The molecule has 0 saturated carbocycles. The summed E-state index contributed by atoms with van der Waals surface area (Å²) in [5, 5.41) is 3.84. The van der Waals surface area contributed by atoms with Crippen LogP contribution in [0.4, 0.5) is 4.39 Å². The van der Waals surface area contributed by atoms with E-state index in [1.54, 1.807) is 31.4 Å². The molecule has 1 atom stereocenters. The van der Waals surface area contributed by atoms with Gasteiger partial charge in [0.1, 0.15) is 11.6 Å². The number of halogens is 2. The van der Waals surface area contributed by atoms with Gasteiger partial charge in [-0.2, -0.15) is 0 Å². The van der Waals surface area contributed by atoms with Crippen molar-refractivity contribution in [2.45, 2.75) is 19.9 Å². The Morgan fingerprint density at radius 2 is 2.00 bits per heavy atom. The predicted octanol–water partition coefficient (Wildman–Crippen LogP) is 4.83. The summed E-state index contributed by atoms with van der Waals surface area (Å²) < 4.78 is 19.3. The summed E-state index contributed by atoms with van der Waals surface area (Å²) >= 11 is 6.02. The molecule has 1 N–H and O–H groups in total. The first-order valence-electron chi connectivity index (χ1n) is 6.93. The first-order valence-corrected chi connectivity index (χ1v) is 7.31. The van der Waals surface area contributed by atoms with Gasteiger partial charge >= 0.3 is 0 Å². The van der Waals surface area contributed by atoms with Crippen LogP contribution in [-0.2, 0) is 0 Å². The zero-order valence-electron chi connectivity index (χ0n) is 12.4. The van der Waals surface area contributed by atoms with Crippen molar-refractivity contribution in [3.63, 3.8) is 0 Å². The number of rotatable bonds is 5. The summed E-state index contributed by atoms with van der Waals surface area (Å²) in [6, 6.07) is 10.6. The molecule has 2 aromatic carbocycles. The zero-order valence-corrected chi connectivity index (χ0v) is 13.2. The molecular formula is C17H19ClFNO. The largest absolute Gasteiger partial charge is 0.495 e. The monoisotopic (exact) mass is 307 g/mol. The maximum Gasteiger partial charge on any atom is 0.138 e. The molecule has 0 amide bonds. The lowest BCUT2D eigenvalue weighted by molar-refractivity contribution is 0.415. The molecule has 2 aromatic rings. The van der Waals surface area contributed by atoms with Crippen molar-refractivity contribution in [3.05, 3.63) is 52.8 Å². The molecule has 2 rings (SSSR count). The lowest BCUT2D eigenvalue weighted by atomic mass is 9.99. The van der Waals surface area contributed by atoms with E-state index in [0.717, 1.165) is 17.7 Å². The van der Waals surface area contributed by atoms with Gasteiger partial charge < -0.3 is 10.1 Å². The summed E-state index contributed by atoms with van der Waals surface area (Å²) in [6.45, 7) is 4.97. The van der Waals surface area contributed by atoms with E-state index in [1.807, 2.05) is 13.0 Å². The van der Waals surface area contributed by atoms with E-state index in [9.17, 15) is 4.39 Å². The fraction of sp³-hybridized carbons (Fsp3) is 0.294. The Morgan fingerprint density at radius 1 is 1.24 bits per heavy atom. The van der Waals surface area contributed by atoms with E-state index in [-0.39, 0.29) is 11.9 Å². The zero-order chi connectivity index (χ0) is 15.4. The van der Waals surface area contributed by atoms with Crippen molar-refractivity contribution in [3.8, 4) is 16.9 Å². The third kappa shape index (κ3) is 3.55. The minimum absolute atomic E-state index is 0.170. The molecule has 2 nitrogen and oxygen atoms in total. The predicted molar refractivity (Wildman–Crippen MR) is 85.5 cm³/mol. The molecule has 0 aliphatic carbocycles. The number of ether oxygens (including phenoxy) is 1. The number of hydrogen-bond acceptors (Lipinski definition) is 2. The third-order valence-corrected chi connectivity index (χ3v) is 3.78. The Morgan fingerprint density at radius 3 is 2.67 bits per heavy atom. The Hall–Kier alpha value is -1.58. The summed E-state index contributed by atoms with van der Waals surface area (Å²) in [5.41, 5.74) is 2.34. The maximum absolute atomic E-state index is 14.1. The molecule has 112 valence electrons. The first-order chi connectivity index (χ1) is 10.1. The average Bonchev–Trinajstić information content (AvgIpc) is 2.48. The van der Waals surface area contributed by atoms with Crippen LogP contribution < -0.4 is 10.1 Å². The van der Waals surface area contributed by atoms with Crippen LogP contribution in [0.3, 0.4) is 0 Å². The number of benzene rings is 2. The van der Waals surface area contributed by atoms with Gasteiger partial charge in [-0.3, -0.25) is 0 Å². The summed E-state index contributed by atoms with van der Waals surface area (Å²) in [5.74, 6) is 0.283. The minimum Gasteiger partial charge on any atom is -0.495 e. The second kappa shape index (κ2) is 6.92. The van der Waals surface area contributed by atoms with Crippen LogP contribution in [0.5, 0.6) is 5.75 Å². The smallest absolute Gasteiger partial charge is 0.138 e. The first kappa shape index (κ1) is 15.8. The maximum atomic E-state index is 14.1. The van der Waals surface area contributed by atoms with Gasteiger partial charge in [0.2, 0.25) is 0 Å². The van der Waals surface area contributed by atoms with Crippen molar-refractivity contribution in [1.82, 2.24) is 5.32 Å². The Bertz CT molecular complexity index is 630. The quantitative estimate of drug-likeness (QED) is 0.854. The molecule has 0 spiro atoms. The summed E-state index contributed by atoms with van der Waals surface area (Å²) in [7, 11) is 1.55. The summed E-state index contributed by atoms with van der Waals surface area (Å²) in [6.07, 6.45) is 0. The van der Waals surface area contributed by atoms with Gasteiger partial charge in [0.25, 0.3) is 0 Å². The standard InChI is InChI=1S/C17H19ClFNO/c1-4-20-11(2)12-6-8-16(19)14(9-12)13-5-7-15(18)17(10-13)21-3/h5-11,20H,4H2,1-3H3. The van der Waals surface area contributed by atoms with Gasteiger partial charge in [-0.15, -0.1) is 0 Å². The Kier molecular flexibility index (Phi) is 5.21. The average molecular weight is 308 g/mol. The highest BCUT2D eigenvalue weighted by Crippen LogP contribution is 2.32. The van der Waals surface area contributed by atoms with Gasteiger partial charge in [-0.1, -0.05) is 30.7 Å². The molecule has 0 aliphatic heterocycles. The van der Waals surface area contributed by atoms with Crippen LogP contribution in [0.2, 0.25) is 5.02 Å². The van der Waals surface area contributed by atoms with Gasteiger partial charge in [0.05, 0.1) is 12.1 Å². The number of hydrogen-bond donors (Lipinski definition) is 1. The van der Waals surface area contributed by atoms with Crippen LogP contribution in [0.25, 0.3) is 11.1 Å². The van der Waals surface area contributed by atoms with Gasteiger partial charge in [0.15, 0.2) is 0 Å². The Balaban J connectivity index is 2.45. The molecular weight excluding hydrogens is 289 g/mol. The second-order valence-corrected chi connectivity index (χ2v) is 5.28. The summed E-state index contributed by atoms with van der Waals surface area (Å²) in [4.78, 5) is 0. The molecule has 0 aliphatic rings. The van der Waals surface area contributed by atoms with E-state index >= 15 is 0 Å². The van der Waals surface area contributed by atoms with Crippen molar-refractivity contribution in [2.75, 3.05) is 13.7 Å². The highest BCUT2D eigenvalue weighted by atomic mass is 35.5. The normalized spacial score (nSPS) is 12.2. The van der Waals surface area contributed by atoms with E-state index in [1.165, 1.54) is 6.07 Å². The second-order valence-electron chi connectivity index (χ2n) is 4.87. The fourth-order valence-electron chi connectivity index (χ4n) is 2.28. The minimum atomic E-state index is -0.258. The van der Waals surface area contributed by atoms with E-state index < -0.39 is 0 Å². The molecule has 0 saturated heterocycles. The lowest BCUT2D eigenvalue weighted by Gasteiger charge is -2.15. The van der Waals surface area contributed by atoms with Gasteiger partial charge in [-0.25, -0.2) is 4.39 Å². The van der Waals surface area contributed by atoms with Crippen molar-refractivity contribution >= 4 is 11.6 Å². The van der Waals surface area contributed by atoms with Crippen molar-refractivity contribution in [2.24, 2.45) is 0 Å². The van der Waals surface area contributed by atoms with Crippen molar-refractivity contribution < 1.29 is 9.13 Å². The number of methoxy groups -OCH3 is 1. The number of nitrogens with one attached hydrogen (secondary N) is 1. The molecule has 0 radical (unpaired) electrons. The van der Waals surface area contributed by atoms with Crippen LogP contribution in [0.15, 0.2) is 36.4 Å². The Labute approximate surface area is 129 Å². The molecule has 21 heavy (non-hydrogen) atoms. The lowest BCUT2D eigenvalue weighted by Crippen LogP contribution is -2.17. The molecule has 1 unspecified atom stereocenters. The fourth-order valence-corrected chi connectivity index (χ4v) is 2.48. The topological polar surface area (TPSA) is 21.3 Å². The highest BCUT2D eigenvalue weighted by Gasteiger charge is 2.12. The van der Waals surface area contributed by atoms with Crippen LogP contribution >= 0.6 is 11.6 Å². The third-order valence-electron chi connectivity index (χ3n) is 3.46. The van der Waals surface area contributed by atoms with E-state index in [0.29, 0.717) is 16.3 Å². The SMILES string of the molecule is CCNC(C)c1ccc(F)c(-c2ccc(Cl)c(OC)c2)c1. The van der Waals surface area contributed by atoms with Gasteiger partial charge in [0, 0.05) is 11.6 Å². The molecule has 0 bridgehead atoms. The molecule has 4 heteroatoms. The van der Waals surface area contributed by atoms with E-state index in [4.69, 9.17) is 16.3 Å². The molecule has 0 heterocycles. The van der Waals surface area contributed by atoms with Crippen LogP contribution in [0.1, 0.15) is 25.5 Å². The van der Waals surface area contributed by atoms with Crippen LogP contribution in [-0.4, -0.2) is 13.7 Å². The van der Waals surface area contributed by atoms with Crippen LogP contribution in [0, 0.1) is 5.82 Å². The van der Waals surface area contributed by atoms with E-state index in [2.05, 4.69) is 12.2 Å². The molecule has 0 aromatic heterocycles. The molecule has 0 fully saturated rings. The highest BCUT2D eigenvalue weighted by molar-refractivity contribution is 6.32. The van der Waals surface area contributed by atoms with Gasteiger partial charge in [-0.05, 0) is 48.9 Å².